The van der Waals surface area contributed by atoms with Crippen LogP contribution >= 0.6 is 11.8 Å². The maximum atomic E-state index is 12.7. The molecule has 5 rings (SSSR count). The Morgan fingerprint density at radius 1 is 1.24 bits per heavy atom. The average Bonchev–Trinajstić information content (AvgIpc) is 3.11. The van der Waals surface area contributed by atoms with Crippen molar-refractivity contribution in [3.8, 4) is 0 Å². The van der Waals surface area contributed by atoms with Gasteiger partial charge in [-0.05, 0) is 6.07 Å². The fraction of sp³-hybridized carbons (Fsp3) is 0.444. The molecule has 0 saturated carbocycles. The maximum Gasteiger partial charge on any atom is 0.342 e. The summed E-state index contributed by atoms with van der Waals surface area (Å²) < 4.78 is 13.2. The van der Waals surface area contributed by atoms with Crippen molar-refractivity contribution in [2.75, 3.05) is 31.2 Å². The number of aromatic nitrogens is 1. The Balaban J connectivity index is 1.63. The van der Waals surface area contributed by atoms with E-state index in [1.807, 2.05) is 4.90 Å². The van der Waals surface area contributed by atoms with Gasteiger partial charge in [-0.2, -0.15) is 0 Å². The van der Waals surface area contributed by atoms with Crippen LogP contribution in [0.15, 0.2) is 22.0 Å². The number of ether oxygens (including phenoxy) is 2. The van der Waals surface area contributed by atoms with Crippen molar-refractivity contribution >= 4 is 40.0 Å². The average molecular weight is 419 g/mol. The van der Waals surface area contributed by atoms with Crippen LogP contribution in [-0.2, 0) is 15.4 Å². The largest absolute Gasteiger partial charge is 0.477 e. The minimum absolute atomic E-state index is 0.0536. The van der Waals surface area contributed by atoms with E-state index in [0.29, 0.717) is 61.3 Å². The number of rotatable bonds is 3. The van der Waals surface area contributed by atoms with E-state index in [9.17, 15) is 24.8 Å². The van der Waals surface area contributed by atoms with Gasteiger partial charge in [0.05, 0.1) is 39.9 Å². The highest BCUT2D eigenvalue weighted by Crippen LogP contribution is 2.41. The number of anilines is 1. The first-order valence-corrected chi connectivity index (χ1v) is 10.2. The molecule has 2 fully saturated rings. The highest BCUT2D eigenvalue weighted by molar-refractivity contribution is 7.99. The number of hydrogen-bond donors (Lipinski definition) is 1. The van der Waals surface area contributed by atoms with Crippen molar-refractivity contribution in [3.63, 3.8) is 0 Å². The molecule has 11 heteroatoms. The fourth-order valence-electron chi connectivity index (χ4n) is 4.24. The number of benzene rings is 1. The highest BCUT2D eigenvalue weighted by atomic mass is 32.2. The maximum absolute atomic E-state index is 12.7. The van der Waals surface area contributed by atoms with Crippen molar-refractivity contribution in [2.45, 2.75) is 29.5 Å². The molecule has 0 atom stereocenters. The smallest absolute Gasteiger partial charge is 0.342 e. The molecule has 152 valence electrons. The summed E-state index contributed by atoms with van der Waals surface area (Å²) in [5.41, 5.74) is -0.285. The third-order valence-electron chi connectivity index (χ3n) is 5.73. The zero-order chi connectivity index (χ0) is 20.3. The Morgan fingerprint density at radius 3 is 2.48 bits per heavy atom. The van der Waals surface area contributed by atoms with Crippen molar-refractivity contribution in [1.82, 2.24) is 4.57 Å². The molecule has 0 bridgehead atoms. The first-order valence-electron chi connectivity index (χ1n) is 9.18. The van der Waals surface area contributed by atoms with Gasteiger partial charge in [-0.1, -0.05) is 11.8 Å². The van der Waals surface area contributed by atoms with Gasteiger partial charge in [0.25, 0.3) is 5.69 Å². The van der Waals surface area contributed by atoms with Gasteiger partial charge >= 0.3 is 5.97 Å². The molecule has 2 aromatic rings. The second kappa shape index (κ2) is 6.44. The Labute approximate surface area is 168 Å². The number of carboxylic acid groups (broad SMARTS) is 1. The number of nitrogens with zero attached hydrogens (tertiary/aromatic N) is 3. The summed E-state index contributed by atoms with van der Waals surface area (Å²) in [6, 6.07) is 2.85. The third kappa shape index (κ3) is 2.72. The molecular weight excluding hydrogens is 402 g/mol. The number of fused-ring (bicyclic) bond motifs is 3. The predicted octanol–water partition coefficient (Wildman–Crippen LogP) is 2.01. The van der Waals surface area contributed by atoms with Gasteiger partial charge in [0, 0.05) is 32.0 Å². The van der Waals surface area contributed by atoms with E-state index in [0.717, 1.165) is 0 Å². The van der Waals surface area contributed by atoms with E-state index < -0.39 is 22.1 Å². The minimum atomic E-state index is -1.32. The van der Waals surface area contributed by atoms with E-state index in [2.05, 4.69) is 0 Å². The molecule has 0 unspecified atom stereocenters. The first-order chi connectivity index (χ1) is 13.9. The molecule has 1 aromatic carbocycles. The second-order valence-corrected chi connectivity index (χ2v) is 8.16. The van der Waals surface area contributed by atoms with Crippen molar-refractivity contribution in [1.29, 1.82) is 0 Å². The molecule has 1 aromatic heterocycles. The molecule has 29 heavy (non-hydrogen) atoms. The summed E-state index contributed by atoms with van der Waals surface area (Å²) in [6.45, 7) is 2.14. The molecule has 0 aliphatic carbocycles. The van der Waals surface area contributed by atoms with Crippen molar-refractivity contribution in [2.24, 2.45) is 0 Å². The second-order valence-electron chi connectivity index (χ2n) is 7.23. The summed E-state index contributed by atoms with van der Waals surface area (Å²) in [5.74, 6) is -1.43. The lowest BCUT2D eigenvalue weighted by Gasteiger charge is -2.38. The van der Waals surface area contributed by atoms with E-state index >= 15 is 0 Å². The number of nitro groups is 1. The summed E-state index contributed by atoms with van der Waals surface area (Å²) in [7, 11) is 0. The minimum Gasteiger partial charge on any atom is -0.477 e. The quantitative estimate of drug-likeness (QED) is 0.587. The SMILES string of the molecule is O=C(O)c1c2n(c3cc(N4CCC5(CC4)OCCO5)c([N+](=O)[O-])cc3c1=O)CS2. The first kappa shape index (κ1) is 18.4. The number of carboxylic acids is 1. The van der Waals surface area contributed by atoms with Crippen molar-refractivity contribution < 1.29 is 24.3 Å². The third-order valence-corrected chi connectivity index (χ3v) is 6.82. The predicted molar refractivity (Wildman–Crippen MR) is 104 cm³/mol. The van der Waals surface area contributed by atoms with E-state index in [4.69, 9.17) is 9.47 Å². The standard InChI is InChI=1S/C18H17N3O7S/c22-15-10-7-13(21(25)26)12(19-3-1-18(2-4-19)27-5-6-28-18)8-11(10)20-9-29-16(20)14(15)17(23)24/h7-8H,1-6,9H2,(H,23,24). The summed E-state index contributed by atoms with van der Waals surface area (Å²) in [5, 5.41) is 21.6. The van der Waals surface area contributed by atoms with Crippen LogP contribution in [0.4, 0.5) is 11.4 Å². The molecule has 0 amide bonds. The zero-order valence-electron chi connectivity index (χ0n) is 15.3. The van der Waals surface area contributed by atoms with Crippen LogP contribution in [0.5, 0.6) is 0 Å². The molecule has 1 N–H and O–H groups in total. The van der Waals surface area contributed by atoms with Crippen LogP contribution < -0.4 is 10.3 Å². The molecule has 10 nitrogen and oxygen atoms in total. The Bertz CT molecular complexity index is 1110. The van der Waals surface area contributed by atoms with Crippen LogP contribution in [0.1, 0.15) is 23.2 Å². The number of hydrogen-bond acceptors (Lipinski definition) is 8. The van der Waals surface area contributed by atoms with Gasteiger partial charge in [0.15, 0.2) is 5.79 Å². The lowest BCUT2D eigenvalue weighted by molar-refractivity contribution is -0.384. The van der Waals surface area contributed by atoms with Gasteiger partial charge in [-0.25, -0.2) is 4.79 Å². The number of aromatic carboxylic acids is 1. The lowest BCUT2D eigenvalue weighted by Crippen LogP contribution is -2.45. The highest BCUT2D eigenvalue weighted by Gasteiger charge is 2.41. The molecular formula is C18H17N3O7S. The van der Waals surface area contributed by atoms with Crippen LogP contribution in [0.2, 0.25) is 0 Å². The molecule has 0 radical (unpaired) electrons. The number of carbonyl (C=O) groups is 1. The summed E-state index contributed by atoms with van der Waals surface area (Å²) in [4.78, 5) is 37.4. The monoisotopic (exact) mass is 419 g/mol. The van der Waals surface area contributed by atoms with Crippen LogP contribution in [0, 0.1) is 10.1 Å². The Kier molecular flexibility index (Phi) is 4.09. The fourth-order valence-corrected chi connectivity index (χ4v) is 5.19. The summed E-state index contributed by atoms with van der Waals surface area (Å²) >= 11 is 1.28. The van der Waals surface area contributed by atoms with E-state index in [-0.39, 0.29) is 16.6 Å². The van der Waals surface area contributed by atoms with Crippen molar-refractivity contribution in [3.05, 3.63) is 38.0 Å². The van der Waals surface area contributed by atoms with Gasteiger partial charge in [-0.15, -0.1) is 0 Å². The number of pyridine rings is 1. The van der Waals surface area contributed by atoms with E-state index in [1.165, 1.54) is 17.8 Å². The molecule has 4 heterocycles. The van der Waals surface area contributed by atoms with Gasteiger partial charge in [0.2, 0.25) is 5.43 Å². The summed E-state index contributed by atoms with van der Waals surface area (Å²) in [6.07, 6.45) is 1.18. The molecule has 3 aliphatic heterocycles. The lowest BCUT2D eigenvalue weighted by atomic mass is 10.0. The van der Waals surface area contributed by atoms with Gasteiger partial charge in [0.1, 0.15) is 11.3 Å². The molecule has 2 saturated heterocycles. The van der Waals surface area contributed by atoms with Crippen LogP contribution in [-0.4, -0.2) is 52.7 Å². The number of piperidine rings is 1. The topological polar surface area (TPSA) is 124 Å². The van der Waals surface area contributed by atoms with Gasteiger partial charge in [-0.3, -0.25) is 14.9 Å². The zero-order valence-corrected chi connectivity index (χ0v) is 16.1. The van der Waals surface area contributed by atoms with Crippen LogP contribution in [0.25, 0.3) is 10.9 Å². The Morgan fingerprint density at radius 2 is 1.93 bits per heavy atom. The molecule has 1 spiro atoms. The molecule has 3 aliphatic rings. The van der Waals surface area contributed by atoms with Crippen LogP contribution in [0.3, 0.4) is 0 Å². The van der Waals surface area contributed by atoms with Gasteiger partial charge < -0.3 is 24.0 Å². The number of nitro benzene ring substituents is 1. The van der Waals surface area contributed by atoms with E-state index in [1.54, 1.807) is 10.6 Å². The normalized spacial score (nSPS) is 19.9. The number of thioether (sulfide) groups is 1. The Hall–Kier alpha value is -2.63.